The number of carbonyl (C=O) groups excluding carboxylic acids is 1. The van der Waals surface area contributed by atoms with Crippen molar-refractivity contribution in [3.8, 4) is 11.3 Å². The minimum absolute atomic E-state index is 0.0442. The minimum Gasteiger partial charge on any atom is -0.309 e. The first-order chi connectivity index (χ1) is 12.0. The third-order valence-corrected chi connectivity index (χ3v) is 3.52. The predicted octanol–water partition coefficient (Wildman–Crippen LogP) is 3.31. The number of anilines is 1. The van der Waals surface area contributed by atoms with Crippen LogP contribution in [0.25, 0.3) is 11.3 Å². The SMILES string of the molecule is O=C(Cc1ccccc1F)Nc1cc(-c2cccc([N+](=O)[O-])c2)[nH]n1. The second kappa shape index (κ2) is 6.91. The highest BCUT2D eigenvalue weighted by Gasteiger charge is 2.12. The number of benzene rings is 2. The molecule has 0 spiro atoms. The number of halogens is 1. The van der Waals surface area contributed by atoms with Crippen LogP contribution < -0.4 is 5.32 Å². The van der Waals surface area contributed by atoms with Crippen LogP contribution in [0.1, 0.15) is 5.56 Å². The van der Waals surface area contributed by atoms with Crippen molar-refractivity contribution in [2.45, 2.75) is 6.42 Å². The lowest BCUT2D eigenvalue weighted by Crippen LogP contribution is -2.15. The number of aromatic amines is 1. The van der Waals surface area contributed by atoms with E-state index in [2.05, 4.69) is 15.5 Å². The van der Waals surface area contributed by atoms with Gasteiger partial charge in [0.1, 0.15) is 5.82 Å². The van der Waals surface area contributed by atoms with Crippen molar-refractivity contribution in [2.75, 3.05) is 5.32 Å². The molecule has 1 heterocycles. The maximum absolute atomic E-state index is 13.6. The third-order valence-electron chi connectivity index (χ3n) is 3.52. The van der Waals surface area contributed by atoms with E-state index in [1.807, 2.05) is 0 Å². The number of nitrogens with zero attached hydrogens (tertiary/aromatic N) is 2. The van der Waals surface area contributed by atoms with Crippen LogP contribution in [-0.4, -0.2) is 21.0 Å². The minimum atomic E-state index is -0.489. The summed E-state index contributed by atoms with van der Waals surface area (Å²) >= 11 is 0. The molecule has 0 saturated heterocycles. The summed E-state index contributed by atoms with van der Waals surface area (Å²) in [6, 6.07) is 13.6. The van der Waals surface area contributed by atoms with Crippen molar-refractivity contribution in [3.63, 3.8) is 0 Å². The topological polar surface area (TPSA) is 101 Å². The Labute approximate surface area is 141 Å². The number of carbonyl (C=O) groups is 1. The summed E-state index contributed by atoms with van der Waals surface area (Å²) in [5.41, 5.74) is 1.33. The number of H-pyrrole nitrogens is 1. The summed E-state index contributed by atoms with van der Waals surface area (Å²) in [5.74, 6) is -0.609. The fourth-order valence-corrected chi connectivity index (χ4v) is 2.32. The molecule has 1 amide bonds. The van der Waals surface area contributed by atoms with Crippen LogP contribution in [0.4, 0.5) is 15.9 Å². The van der Waals surface area contributed by atoms with Crippen LogP contribution >= 0.6 is 0 Å². The van der Waals surface area contributed by atoms with Crippen molar-refractivity contribution in [1.29, 1.82) is 0 Å². The number of amides is 1. The molecule has 8 heteroatoms. The fourth-order valence-electron chi connectivity index (χ4n) is 2.32. The largest absolute Gasteiger partial charge is 0.309 e. The molecular weight excluding hydrogens is 327 g/mol. The van der Waals surface area contributed by atoms with Crippen molar-refractivity contribution in [2.24, 2.45) is 0 Å². The highest BCUT2D eigenvalue weighted by Crippen LogP contribution is 2.24. The molecule has 0 atom stereocenters. The molecule has 0 bridgehead atoms. The molecule has 0 radical (unpaired) electrons. The zero-order valence-corrected chi connectivity index (χ0v) is 12.9. The van der Waals surface area contributed by atoms with Crippen LogP contribution in [0.5, 0.6) is 0 Å². The Balaban J connectivity index is 1.71. The molecule has 2 aromatic carbocycles. The first-order valence-corrected chi connectivity index (χ1v) is 7.36. The first kappa shape index (κ1) is 16.3. The van der Waals surface area contributed by atoms with Gasteiger partial charge in [-0.2, -0.15) is 5.10 Å². The monoisotopic (exact) mass is 340 g/mol. The zero-order chi connectivity index (χ0) is 17.8. The summed E-state index contributed by atoms with van der Waals surface area (Å²) in [4.78, 5) is 22.3. The van der Waals surface area contributed by atoms with Gasteiger partial charge in [0.25, 0.3) is 5.69 Å². The number of rotatable bonds is 5. The van der Waals surface area contributed by atoms with Gasteiger partial charge < -0.3 is 5.32 Å². The molecule has 0 unspecified atom stereocenters. The summed E-state index contributed by atoms with van der Waals surface area (Å²) in [7, 11) is 0. The van der Waals surface area contributed by atoms with Gasteiger partial charge in [-0.3, -0.25) is 20.0 Å². The highest BCUT2D eigenvalue weighted by atomic mass is 19.1. The Morgan fingerprint density at radius 2 is 2.00 bits per heavy atom. The molecule has 1 aromatic heterocycles. The van der Waals surface area contributed by atoms with Crippen molar-refractivity contribution >= 4 is 17.4 Å². The van der Waals surface area contributed by atoms with E-state index in [4.69, 9.17) is 0 Å². The van der Waals surface area contributed by atoms with E-state index in [0.29, 0.717) is 11.3 Å². The summed E-state index contributed by atoms with van der Waals surface area (Å²) in [5, 5.41) is 20.0. The second-order valence-electron chi connectivity index (χ2n) is 5.29. The van der Waals surface area contributed by atoms with Gasteiger partial charge in [0, 0.05) is 23.8 Å². The average molecular weight is 340 g/mol. The summed E-state index contributed by atoms with van der Waals surface area (Å²) < 4.78 is 13.6. The summed E-state index contributed by atoms with van der Waals surface area (Å²) in [6.45, 7) is 0. The standard InChI is InChI=1S/C17H13FN4O3/c18-14-7-2-1-4-11(14)9-17(23)19-16-10-15(20-21-16)12-5-3-6-13(8-12)22(24)25/h1-8,10H,9H2,(H2,19,20,21,23). The predicted molar refractivity (Wildman–Crippen MR) is 89.4 cm³/mol. The van der Waals surface area contributed by atoms with Crippen LogP contribution in [0.2, 0.25) is 0 Å². The van der Waals surface area contributed by atoms with Crippen molar-refractivity contribution in [1.82, 2.24) is 10.2 Å². The molecule has 0 aliphatic carbocycles. The zero-order valence-electron chi connectivity index (χ0n) is 12.9. The van der Waals surface area contributed by atoms with E-state index in [-0.39, 0.29) is 23.5 Å². The van der Waals surface area contributed by atoms with Crippen LogP contribution in [0.15, 0.2) is 54.6 Å². The van der Waals surface area contributed by atoms with E-state index in [1.54, 1.807) is 30.3 Å². The molecule has 3 aromatic rings. The molecule has 2 N–H and O–H groups in total. The van der Waals surface area contributed by atoms with Gasteiger partial charge in [-0.15, -0.1) is 0 Å². The molecule has 0 fully saturated rings. The Morgan fingerprint density at radius 3 is 2.76 bits per heavy atom. The number of non-ortho nitro benzene ring substituents is 1. The Bertz CT molecular complexity index is 939. The fraction of sp³-hybridized carbons (Fsp3) is 0.0588. The Kier molecular flexibility index (Phi) is 4.51. The Hall–Kier alpha value is -3.55. The highest BCUT2D eigenvalue weighted by molar-refractivity contribution is 5.91. The van der Waals surface area contributed by atoms with E-state index in [1.165, 1.54) is 24.3 Å². The van der Waals surface area contributed by atoms with Gasteiger partial charge >= 0.3 is 0 Å². The molecule has 3 rings (SSSR count). The average Bonchev–Trinajstić information content (AvgIpc) is 3.05. The van der Waals surface area contributed by atoms with E-state index >= 15 is 0 Å². The maximum Gasteiger partial charge on any atom is 0.270 e. The number of hydrogen-bond acceptors (Lipinski definition) is 4. The van der Waals surface area contributed by atoms with Crippen LogP contribution in [0.3, 0.4) is 0 Å². The van der Waals surface area contributed by atoms with Gasteiger partial charge in [-0.05, 0) is 11.6 Å². The van der Waals surface area contributed by atoms with Gasteiger partial charge in [-0.25, -0.2) is 4.39 Å². The lowest BCUT2D eigenvalue weighted by atomic mass is 10.1. The van der Waals surface area contributed by atoms with Crippen molar-refractivity contribution in [3.05, 3.63) is 76.1 Å². The maximum atomic E-state index is 13.6. The third kappa shape index (κ3) is 3.86. The van der Waals surface area contributed by atoms with Crippen LogP contribution in [0, 0.1) is 15.9 Å². The second-order valence-corrected chi connectivity index (χ2v) is 5.29. The van der Waals surface area contributed by atoms with E-state index in [0.717, 1.165) is 0 Å². The smallest absolute Gasteiger partial charge is 0.270 e. The van der Waals surface area contributed by atoms with E-state index < -0.39 is 16.6 Å². The van der Waals surface area contributed by atoms with Gasteiger partial charge in [0.15, 0.2) is 5.82 Å². The number of hydrogen-bond donors (Lipinski definition) is 2. The van der Waals surface area contributed by atoms with Crippen molar-refractivity contribution < 1.29 is 14.1 Å². The molecule has 7 nitrogen and oxygen atoms in total. The summed E-state index contributed by atoms with van der Waals surface area (Å²) in [6.07, 6.45) is -0.119. The quantitative estimate of drug-likeness (QED) is 0.549. The lowest BCUT2D eigenvalue weighted by Gasteiger charge is -2.03. The number of aromatic nitrogens is 2. The number of nitrogens with one attached hydrogen (secondary N) is 2. The molecule has 0 saturated carbocycles. The molecular formula is C17H13FN4O3. The first-order valence-electron chi connectivity index (χ1n) is 7.36. The molecule has 0 aliphatic heterocycles. The lowest BCUT2D eigenvalue weighted by molar-refractivity contribution is -0.384. The van der Waals surface area contributed by atoms with Gasteiger partial charge in [0.2, 0.25) is 5.91 Å². The normalized spacial score (nSPS) is 10.4. The van der Waals surface area contributed by atoms with Gasteiger partial charge in [-0.1, -0.05) is 30.3 Å². The Morgan fingerprint density at radius 1 is 1.20 bits per heavy atom. The van der Waals surface area contributed by atoms with E-state index in [9.17, 15) is 19.3 Å². The van der Waals surface area contributed by atoms with Gasteiger partial charge in [0.05, 0.1) is 17.0 Å². The molecule has 25 heavy (non-hydrogen) atoms. The molecule has 126 valence electrons. The van der Waals surface area contributed by atoms with Crippen LogP contribution in [-0.2, 0) is 11.2 Å². The number of nitro groups is 1. The number of nitro benzene ring substituents is 1. The molecule has 0 aliphatic rings.